The Bertz CT molecular complexity index is 370. The zero-order chi connectivity index (χ0) is 16.0. The molecule has 0 heterocycles. The molecular formula is C19H32O3. The summed E-state index contributed by atoms with van der Waals surface area (Å²) in [7, 11) is 0. The topological polar surface area (TPSA) is 49.7 Å². The Morgan fingerprint density at radius 2 is 1.14 bits per heavy atom. The van der Waals surface area contributed by atoms with E-state index in [0.29, 0.717) is 12.4 Å². The standard InChI is InChI=1S/C19H32O3/c1-2-3-4-5-6-7-8-9-10-11-12-13-22-19-15-17(20)14-18(21)16-19/h14-16,20-21H,2-13H2,1H3. The van der Waals surface area contributed by atoms with Crippen molar-refractivity contribution in [1.82, 2.24) is 0 Å². The van der Waals surface area contributed by atoms with Gasteiger partial charge in [-0.2, -0.15) is 0 Å². The molecule has 126 valence electrons. The largest absolute Gasteiger partial charge is 0.508 e. The predicted octanol–water partition coefficient (Wildman–Crippen LogP) is 5.79. The summed E-state index contributed by atoms with van der Waals surface area (Å²) >= 11 is 0. The zero-order valence-electron chi connectivity index (χ0n) is 14.0. The van der Waals surface area contributed by atoms with Crippen LogP contribution in [-0.4, -0.2) is 16.8 Å². The van der Waals surface area contributed by atoms with Gasteiger partial charge in [-0.25, -0.2) is 0 Å². The number of ether oxygens (including phenoxy) is 1. The second-order valence-corrected chi connectivity index (χ2v) is 6.07. The Morgan fingerprint density at radius 3 is 1.64 bits per heavy atom. The first-order valence-corrected chi connectivity index (χ1v) is 8.88. The van der Waals surface area contributed by atoms with Gasteiger partial charge >= 0.3 is 0 Å². The van der Waals surface area contributed by atoms with Gasteiger partial charge in [-0.15, -0.1) is 0 Å². The summed E-state index contributed by atoms with van der Waals surface area (Å²) in [6.07, 6.45) is 14.4. The highest BCUT2D eigenvalue weighted by Gasteiger charge is 2.00. The molecule has 0 atom stereocenters. The minimum Gasteiger partial charge on any atom is -0.508 e. The average molecular weight is 308 g/mol. The molecule has 22 heavy (non-hydrogen) atoms. The van der Waals surface area contributed by atoms with Gasteiger partial charge in [0.1, 0.15) is 17.2 Å². The van der Waals surface area contributed by atoms with Crippen LogP contribution in [0.5, 0.6) is 17.2 Å². The molecule has 1 rings (SSSR count). The van der Waals surface area contributed by atoms with E-state index in [1.54, 1.807) is 0 Å². The maximum Gasteiger partial charge on any atom is 0.126 e. The molecule has 0 unspecified atom stereocenters. The van der Waals surface area contributed by atoms with E-state index in [1.165, 1.54) is 82.4 Å². The van der Waals surface area contributed by atoms with Crippen LogP contribution < -0.4 is 4.74 Å². The fourth-order valence-electron chi connectivity index (χ4n) is 2.61. The summed E-state index contributed by atoms with van der Waals surface area (Å²) in [6, 6.07) is 4.35. The number of phenols is 2. The predicted molar refractivity (Wildman–Crippen MR) is 91.7 cm³/mol. The summed E-state index contributed by atoms with van der Waals surface area (Å²) in [5.41, 5.74) is 0. The van der Waals surface area contributed by atoms with Crippen LogP contribution in [0.4, 0.5) is 0 Å². The molecule has 1 aromatic carbocycles. The maximum absolute atomic E-state index is 9.35. The molecule has 0 aliphatic carbocycles. The van der Waals surface area contributed by atoms with E-state index in [9.17, 15) is 10.2 Å². The third kappa shape index (κ3) is 9.54. The summed E-state index contributed by atoms with van der Waals surface area (Å²) in [4.78, 5) is 0. The number of aromatic hydroxyl groups is 2. The number of hydrogen-bond donors (Lipinski definition) is 2. The number of benzene rings is 1. The molecule has 0 fully saturated rings. The number of hydrogen-bond acceptors (Lipinski definition) is 3. The first kappa shape index (κ1) is 18.7. The van der Waals surface area contributed by atoms with E-state index < -0.39 is 0 Å². The van der Waals surface area contributed by atoms with Crippen LogP contribution in [0.2, 0.25) is 0 Å². The quantitative estimate of drug-likeness (QED) is 0.454. The summed E-state index contributed by atoms with van der Waals surface area (Å²) in [6.45, 7) is 2.90. The molecular weight excluding hydrogens is 276 g/mol. The van der Waals surface area contributed by atoms with Gasteiger partial charge in [0.15, 0.2) is 0 Å². The lowest BCUT2D eigenvalue weighted by molar-refractivity contribution is 0.300. The highest BCUT2D eigenvalue weighted by molar-refractivity contribution is 5.40. The van der Waals surface area contributed by atoms with Crippen molar-refractivity contribution in [3.8, 4) is 17.2 Å². The Balaban J connectivity index is 1.89. The van der Waals surface area contributed by atoms with Gasteiger partial charge in [-0.3, -0.25) is 0 Å². The van der Waals surface area contributed by atoms with E-state index in [1.807, 2.05) is 0 Å². The molecule has 1 aromatic rings. The molecule has 0 spiro atoms. The van der Waals surface area contributed by atoms with Crippen LogP contribution in [0.3, 0.4) is 0 Å². The molecule has 2 N–H and O–H groups in total. The molecule has 0 saturated heterocycles. The average Bonchev–Trinajstić information content (AvgIpc) is 2.47. The number of unbranched alkanes of at least 4 members (excludes halogenated alkanes) is 10. The Hall–Kier alpha value is -1.38. The van der Waals surface area contributed by atoms with Crippen molar-refractivity contribution in [1.29, 1.82) is 0 Å². The van der Waals surface area contributed by atoms with Crippen molar-refractivity contribution in [2.75, 3.05) is 6.61 Å². The summed E-state index contributed by atoms with van der Waals surface area (Å²) < 4.78 is 5.53. The van der Waals surface area contributed by atoms with Crippen LogP contribution in [0, 0.1) is 0 Å². The molecule has 0 bridgehead atoms. The molecule has 3 heteroatoms. The van der Waals surface area contributed by atoms with Gasteiger partial charge in [0.2, 0.25) is 0 Å². The first-order valence-electron chi connectivity index (χ1n) is 8.88. The van der Waals surface area contributed by atoms with Crippen molar-refractivity contribution in [3.63, 3.8) is 0 Å². The molecule has 3 nitrogen and oxygen atoms in total. The van der Waals surface area contributed by atoms with E-state index >= 15 is 0 Å². The van der Waals surface area contributed by atoms with Gasteiger partial charge in [-0.1, -0.05) is 71.1 Å². The van der Waals surface area contributed by atoms with E-state index in [4.69, 9.17) is 4.74 Å². The van der Waals surface area contributed by atoms with Gasteiger partial charge in [-0.05, 0) is 6.42 Å². The fraction of sp³-hybridized carbons (Fsp3) is 0.684. The highest BCUT2D eigenvalue weighted by Crippen LogP contribution is 2.25. The molecule has 0 amide bonds. The highest BCUT2D eigenvalue weighted by atomic mass is 16.5. The van der Waals surface area contributed by atoms with E-state index in [2.05, 4.69) is 6.92 Å². The zero-order valence-corrected chi connectivity index (χ0v) is 14.0. The minimum atomic E-state index is 0.0361. The van der Waals surface area contributed by atoms with Crippen molar-refractivity contribution >= 4 is 0 Å². The Kier molecular flexibility index (Phi) is 10.3. The Labute approximate surface area is 135 Å². The van der Waals surface area contributed by atoms with Crippen molar-refractivity contribution in [2.45, 2.75) is 77.6 Å². The van der Waals surface area contributed by atoms with Crippen LogP contribution >= 0.6 is 0 Å². The first-order chi connectivity index (χ1) is 10.7. The number of phenolic OH excluding ortho intramolecular Hbond substituents is 2. The van der Waals surface area contributed by atoms with Crippen molar-refractivity contribution in [3.05, 3.63) is 18.2 Å². The lowest BCUT2D eigenvalue weighted by atomic mass is 10.1. The van der Waals surface area contributed by atoms with Crippen LogP contribution in [0.1, 0.15) is 77.6 Å². The van der Waals surface area contributed by atoms with E-state index in [0.717, 1.165) is 6.42 Å². The number of rotatable bonds is 13. The SMILES string of the molecule is CCCCCCCCCCCCCOc1cc(O)cc(O)c1. The third-order valence-corrected chi connectivity index (χ3v) is 3.89. The molecule has 0 aliphatic heterocycles. The maximum atomic E-state index is 9.35. The molecule has 0 saturated carbocycles. The van der Waals surface area contributed by atoms with Gasteiger partial charge in [0, 0.05) is 18.2 Å². The second kappa shape index (κ2) is 12.2. The fourth-order valence-corrected chi connectivity index (χ4v) is 2.61. The van der Waals surface area contributed by atoms with Gasteiger partial charge in [0.05, 0.1) is 6.61 Å². The van der Waals surface area contributed by atoms with Crippen LogP contribution in [0.25, 0.3) is 0 Å². The molecule has 0 aromatic heterocycles. The summed E-state index contributed by atoms with van der Waals surface area (Å²) in [5.74, 6) is 0.604. The lowest BCUT2D eigenvalue weighted by Crippen LogP contribution is -1.97. The van der Waals surface area contributed by atoms with Crippen LogP contribution in [0.15, 0.2) is 18.2 Å². The summed E-state index contributed by atoms with van der Waals surface area (Å²) in [5, 5.41) is 18.7. The molecule has 0 radical (unpaired) electrons. The van der Waals surface area contributed by atoms with Crippen LogP contribution in [-0.2, 0) is 0 Å². The smallest absolute Gasteiger partial charge is 0.126 e. The van der Waals surface area contributed by atoms with E-state index in [-0.39, 0.29) is 11.5 Å². The van der Waals surface area contributed by atoms with Gasteiger partial charge < -0.3 is 14.9 Å². The molecule has 0 aliphatic rings. The minimum absolute atomic E-state index is 0.0361. The van der Waals surface area contributed by atoms with Gasteiger partial charge in [0.25, 0.3) is 0 Å². The van der Waals surface area contributed by atoms with Crippen molar-refractivity contribution in [2.24, 2.45) is 0 Å². The lowest BCUT2D eigenvalue weighted by Gasteiger charge is -2.07. The van der Waals surface area contributed by atoms with Crippen molar-refractivity contribution < 1.29 is 14.9 Å². The monoisotopic (exact) mass is 308 g/mol. The normalized spacial score (nSPS) is 10.8. The third-order valence-electron chi connectivity index (χ3n) is 3.89. The second-order valence-electron chi connectivity index (χ2n) is 6.07. The Morgan fingerprint density at radius 1 is 0.682 bits per heavy atom.